The Kier molecular flexibility index (Phi) is 9.21. The first kappa shape index (κ1) is 29.9. The number of nitrogens with zero attached hydrogens (tertiary/aromatic N) is 2. The molecular formula is C33H41N3O5. The van der Waals surface area contributed by atoms with Crippen LogP contribution >= 0.6 is 0 Å². The molecule has 1 aromatic heterocycles. The molecule has 1 heterocycles. The molecule has 0 spiro atoms. The number of amides is 1. The summed E-state index contributed by atoms with van der Waals surface area (Å²) in [5.41, 5.74) is 2.39. The third-order valence-electron chi connectivity index (χ3n) is 6.94. The van der Waals surface area contributed by atoms with Crippen LogP contribution in [0.4, 0.5) is 4.79 Å². The zero-order valence-corrected chi connectivity index (χ0v) is 24.9. The summed E-state index contributed by atoms with van der Waals surface area (Å²) in [6.07, 6.45) is 2.92. The molecule has 0 saturated heterocycles. The van der Waals surface area contributed by atoms with E-state index in [1.165, 1.54) is 11.1 Å². The molecule has 1 fully saturated rings. The van der Waals surface area contributed by atoms with Crippen LogP contribution in [0.5, 0.6) is 11.5 Å². The number of carbonyl (C=O) groups is 1. The third kappa shape index (κ3) is 8.22. The van der Waals surface area contributed by atoms with E-state index in [1.807, 2.05) is 58.0 Å². The lowest BCUT2D eigenvalue weighted by Crippen LogP contribution is -2.50. The highest BCUT2D eigenvalue weighted by molar-refractivity contribution is 5.68. The van der Waals surface area contributed by atoms with Gasteiger partial charge in [-0.05, 0) is 69.2 Å². The Labute approximate surface area is 243 Å². The van der Waals surface area contributed by atoms with Gasteiger partial charge in [0.15, 0.2) is 11.6 Å². The molecule has 4 rings (SSSR count). The van der Waals surface area contributed by atoms with E-state index in [1.54, 1.807) is 6.20 Å². The van der Waals surface area contributed by atoms with Crippen molar-refractivity contribution in [3.8, 4) is 11.5 Å². The van der Waals surface area contributed by atoms with Crippen molar-refractivity contribution in [3.63, 3.8) is 0 Å². The second-order valence-corrected chi connectivity index (χ2v) is 11.7. The van der Waals surface area contributed by atoms with E-state index in [0.29, 0.717) is 24.8 Å². The topological polar surface area (TPSA) is 91.8 Å². The summed E-state index contributed by atoms with van der Waals surface area (Å²) in [6, 6.07) is 18.3. The van der Waals surface area contributed by atoms with E-state index in [-0.39, 0.29) is 23.7 Å². The van der Waals surface area contributed by atoms with E-state index in [2.05, 4.69) is 60.0 Å². The molecule has 2 aromatic carbocycles. The number of rotatable bonds is 11. The molecule has 8 heteroatoms. The lowest BCUT2D eigenvalue weighted by molar-refractivity contribution is 0.0363. The van der Waals surface area contributed by atoms with Crippen LogP contribution in [-0.2, 0) is 21.5 Å². The zero-order chi connectivity index (χ0) is 29.6. The SMILES string of the molecule is C=C(OCC)c1nccc(COc2ccc(C(C)(C)c3ccc(O[C@H]4C[C@@H](NC(=O)OC(C)(C)C)C4)cc3)cc2)n1. The van der Waals surface area contributed by atoms with Gasteiger partial charge < -0.3 is 24.3 Å². The third-order valence-corrected chi connectivity index (χ3v) is 6.94. The first-order valence-corrected chi connectivity index (χ1v) is 14.1. The van der Waals surface area contributed by atoms with Gasteiger partial charge in [-0.3, -0.25) is 0 Å². The quantitative estimate of drug-likeness (QED) is 0.258. The van der Waals surface area contributed by atoms with Crippen molar-refractivity contribution in [2.24, 2.45) is 0 Å². The average Bonchev–Trinajstić information content (AvgIpc) is 2.90. The van der Waals surface area contributed by atoms with Crippen molar-refractivity contribution in [2.75, 3.05) is 6.61 Å². The van der Waals surface area contributed by atoms with Crippen LogP contribution in [0, 0.1) is 0 Å². The summed E-state index contributed by atoms with van der Waals surface area (Å²) in [4.78, 5) is 20.6. The summed E-state index contributed by atoms with van der Waals surface area (Å²) in [6.45, 7) is 16.6. The Morgan fingerprint density at radius 2 is 1.56 bits per heavy atom. The van der Waals surface area contributed by atoms with Gasteiger partial charge in [0.25, 0.3) is 0 Å². The molecule has 0 atom stereocenters. The van der Waals surface area contributed by atoms with Crippen molar-refractivity contribution < 1.29 is 23.7 Å². The van der Waals surface area contributed by atoms with Gasteiger partial charge in [0, 0.05) is 30.5 Å². The van der Waals surface area contributed by atoms with Gasteiger partial charge in [-0.1, -0.05) is 44.7 Å². The smallest absolute Gasteiger partial charge is 0.407 e. The fourth-order valence-electron chi connectivity index (χ4n) is 4.54. The molecule has 0 bridgehead atoms. The maximum atomic E-state index is 11.9. The molecular weight excluding hydrogens is 518 g/mol. The van der Waals surface area contributed by atoms with E-state index in [9.17, 15) is 4.79 Å². The van der Waals surface area contributed by atoms with E-state index >= 15 is 0 Å². The van der Waals surface area contributed by atoms with Crippen LogP contribution in [0.3, 0.4) is 0 Å². The Balaban J connectivity index is 1.28. The molecule has 41 heavy (non-hydrogen) atoms. The van der Waals surface area contributed by atoms with Crippen molar-refractivity contribution in [1.82, 2.24) is 15.3 Å². The maximum Gasteiger partial charge on any atom is 0.407 e. The molecule has 8 nitrogen and oxygen atoms in total. The minimum absolute atomic E-state index is 0.0822. The molecule has 1 aliphatic carbocycles. The molecule has 218 valence electrons. The van der Waals surface area contributed by atoms with Gasteiger partial charge in [0.1, 0.15) is 29.8 Å². The van der Waals surface area contributed by atoms with E-state index < -0.39 is 5.60 Å². The predicted octanol–water partition coefficient (Wildman–Crippen LogP) is 6.82. The van der Waals surface area contributed by atoms with Crippen molar-refractivity contribution in [2.45, 2.75) is 84.2 Å². The van der Waals surface area contributed by atoms with Crippen LogP contribution in [0.2, 0.25) is 0 Å². The lowest BCUT2D eigenvalue weighted by Gasteiger charge is -2.36. The van der Waals surface area contributed by atoms with Crippen LogP contribution in [0.1, 0.15) is 77.0 Å². The zero-order valence-electron chi connectivity index (χ0n) is 24.9. The maximum absolute atomic E-state index is 11.9. The van der Waals surface area contributed by atoms with Gasteiger partial charge in [-0.25, -0.2) is 14.8 Å². The fourth-order valence-corrected chi connectivity index (χ4v) is 4.54. The number of ether oxygens (including phenoxy) is 4. The second kappa shape index (κ2) is 12.6. The van der Waals surface area contributed by atoms with Crippen molar-refractivity contribution >= 4 is 11.9 Å². The standard InChI is InChI=1S/C33H41N3O5/c1-8-38-22(2)30-34-18-17-25(35-30)21-39-27-13-9-23(10-14-27)33(6,7)24-11-15-28(16-12-24)40-29-19-26(20-29)36-31(37)41-32(3,4)5/h9-18,26,29H,2,8,19-21H2,1,3-7H3,(H,36,37)/t26-,29+. The molecule has 0 unspecified atom stereocenters. The Hall–Kier alpha value is -4.07. The van der Waals surface area contributed by atoms with Crippen molar-refractivity contribution in [1.29, 1.82) is 0 Å². The minimum Gasteiger partial charge on any atom is -0.491 e. The molecule has 1 N–H and O–H groups in total. The van der Waals surface area contributed by atoms with Gasteiger partial charge in [0.2, 0.25) is 0 Å². The highest BCUT2D eigenvalue weighted by Crippen LogP contribution is 2.34. The molecule has 1 aliphatic rings. The Bertz CT molecular complexity index is 1320. The van der Waals surface area contributed by atoms with Crippen LogP contribution in [0.15, 0.2) is 67.4 Å². The fraction of sp³-hybridized carbons (Fsp3) is 0.424. The predicted molar refractivity (Wildman–Crippen MR) is 159 cm³/mol. The van der Waals surface area contributed by atoms with Crippen LogP contribution in [-0.4, -0.2) is 40.4 Å². The van der Waals surface area contributed by atoms with Gasteiger partial charge in [-0.15, -0.1) is 0 Å². The lowest BCUT2D eigenvalue weighted by atomic mass is 9.78. The highest BCUT2D eigenvalue weighted by Gasteiger charge is 2.33. The largest absolute Gasteiger partial charge is 0.491 e. The summed E-state index contributed by atoms with van der Waals surface area (Å²) >= 11 is 0. The summed E-state index contributed by atoms with van der Waals surface area (Å²) < 4.78 is 22.8. The molecule has 0 radical (unpaired) electrons. The molecule has 0 aliphatic heterocycles. The van der Waals surface area contributed by atoms with Crippen LogP contribution in [0.25, 0.3) is 5.76 Å². The molecule has 1 amide bonds. The second-order valence-electron chi connectivity index (χ2n) is 11.7. The number of hydrogen-bond acceptors (Lipinski definition) is 7. The van der Waals surface area contributed by atoms with Gasteiger partial charge >= 0.3 is 6.09 Å². The number of nitrogens with one attached hydrogen (secondary N) is 1. The minimum atomic E-state index is -0.501. The van der Waals surface area contributed by atoms with Crippen molar-refractivity contribution in [3.05, 3.63) is 90.0 Å². The summed E-state index contributed by atoms with van der Waals surface area (Å²) in [5.74, 6) is 2.50. The Morgan fingerprint density at radius 1 is 0.951 bits per heavy atom. The normalized spacial score (nSPS) is 16.7. The number of benzene rings is 2. The first-order chi connectivity index (χ1) is 19.4. The first-order valence-electron chi connectivity index (χ1n) is 14.1. The number of aromatic nitrogens is 2. The highest BCUT2D eigenvalue weighted by atomic mass is 16.6. The summed E-state index contributed by atoms with van der Waals surface area (Å²) in [5, 5.41) is 2.90. The van der Waals surface area contributed by atoms with Gasteiger partial charge in [-0.2, -0.15) is 0 Å². The van der Waals surface area contributed by atoms with Crippen LogP contribution < -0.4 is 14.8 Å². The monoisotopic (exact) mass is 559 g/mol. The Morgan fingerprint density at radius 3 is 2.15 bits per heavy atom. The van der Waals surface area contributed by atoms with E-state index in [4.69, 9.17) is 18.9 Å². The average molecular weight is 560 g/mol. The van der Waals surface area contributed by atoms with E-state index in [0.717, 1.165) is 30.0 Å². The molecule has 3 aromatic rings. The number of carbonyl (C=O) groups excluding carboxylic acids is 1. The summed E-state index contributed by atoms with van der Waals surface area (Å²) in [7, 11) is 0. The van der Waals surface area contributed by atoms with Gasteiger partial charge in [0.05, 0.1) is 12.3 Å². The number of alkyl carbamates (subject to hydrolysis) is 1. The molecule has 1 saturated carbocycles. The number of hydrogen-bond donors (Lipinski definition) is 1.